The molecule has 430 valence electrons. The highest BCUT2D eigenvalue weighted by atomic mass is 19.1. The number of esters is 1. The maximum absolute atomic E-state index is 15.7. The van der Waals surface area contributed by atoms with Crippen molar-refractivity contribution in [1.82, 2.24) is 25.5 Å². The molecular weight excluding hydrogens is 1020 g/mol. The molecule has 1 aromatic carbocycles. The van der Waals surface area contributed by atoms with Crippen molar-refractivity contribution in [3.8, 4) is 11.4 Å². The summed E-state index contributed by atoms with van der Waals surface area (Å²) in [6.07, 6.45) is -4.91. The van der Waals surface area contributed by atoms with Crippen LogP contribution in [-0.4, -0.2) is 138 Å². The van der Waals surface area contributed by atoms with Crippen LogP contribution in [-0.2, 0) is 74.6 Å². The monoisotopic (exact) mass is 1100 g/mol. The number of hydrogen-bond acceptors (Lipinski definition) is 17. The normalized spacial score (nSPS) is 17.4. The van der Waals surface area contributed by atoms with E-state index in [9.17, 15) is 63.9 Å². The number of nitrogens with zero attached hydrogens (tertiary/aromatic N) is 2. The first-order valence-corrected chi connectivity index (χ1v) is 27.0. The number of amides is 3. The molecule has 3 amide bonds. The molecule has 0 unspecified atom stereocenters. The van der Waals surface area contributed by atoms with Crippen LogP contribution < -0.4 is 21.5 Å². The number of aliphatic hydroxyl groups is 6. The minimum atomic E-state index is -1.99. The van der Waals surface area contributed by atoms with Gasteiger partial charge in [-0.15, -0.1) is 0 Å². The largest absolute Gasteiger partial charge is 0.458 e. The zero-order valence-electron chi connectivity index (χ0n) is 45.7. The van der Waals surface area contributed by atoms with E-state index in [2.05, 4.69) is 16.0 Å². The third-order valence-electron chi connectivity index (χ3n) is 15.0. The average Bonchev–Trinajstić information content (AvgIpc) is 3.87. The van der Waals surface area contributed by atoms with Gasteiger partial charge in [-0.05, 0) is 93.9 Å². The van der Waals surface area contributed by atoms with Crippen molar-refractivity contribution >= 4 is 51.9 Å². The fraction of sp³-hybridized carbons (Fsp3) is 0.625. The smallest absolute Gasteiger partial charge is 0.343 e. The van der Waals surface area contributed by atoms with E-state index in [1.807, 2.05) is 6.92 Å². The Morgan fingerprint density at radius 3 is 2.23 bits per heavy atom. The molecule has 0 saturated heterocycles. The molecule has 0 saturated carbocycles. The molecule has 5 rings (SSSR count). The second-order valence-corrected chi connectivity index (χ2v) is 21.1. The molecule has 0 spiro atoms. The van der Waals surface area contributed by atoms with Crippen LogP contribution in [0.25, 0.3) is 22.3 Å². The van der Waals surface area contributed by atoms with Gasteiger partial charge in [0.15, 0.2) is 11.4 Å². The van der Waals surface area contributed by atoms with E-state index in [1.54, 1.807) is 45.3 Å². The van der Waals surface area contributed by atoms with Crippen LogP contribution in [0.4, 0.5) is 4.39 Å². The molecule has 78 heavy (non-hydrogen) atoms. The summed E-state index contributed by atoms with van der Waals surface area (Å²) in [5.74, 6) is -6.22. The predicted octanol–water partition coefficient (Wildman–Crippen LogP) is 2.30. The van der Waals surface area contributed by atoms with E-state index in [0.29, 0.717) is 67.4 Å². The van der Waals surface area contributed by atoms with Crippen molar-refractivity contribution in [2.24, 2.45) is 17.8 Å². The molecule has 2 aliphatic heterocycles. The lowest BCUT2D eigenvalue weighted by molar-refractivity contribution is -0.172. The van der Waals surface area contributed by atoms with Gasteiger partial charge < -0.3 is 65.4 Å². The topological polar surface area (TPSA) is 330 Å². The van der Waals surface area contributed by atoms with Crippen molar-refractivity contribution in [2.45, 2.75) is 181 Å². The number of aryl methyl sites for hydroxylation is 2. The lowest BCUT2D eigenvalue weighted by atomic mass is 9.86. The highest BCUT2D eigenvalue weighted by molar-refractivity contribution is 5.95. The Bertz CT molecular complexity index is 2760. The van der Waals surface area contributed by atoms with Crippen LogP contribution in [0.15, 0.2) is 16.9 Å². The van der Waals surface area contributed by atoms with Gasteiger partial charge in [0.1, 0.15) is 49.0 Å². The Labute approximate surface area is 452 Å². The van der Waals surface area contributed by atoms with Gasteiger partial charge in [0.25, 0.3) is 5.56 Å². The van der Waals surface area contributed by atoms with E-state index in [0.717, 1.165) is 22.1 Å². The van der Waals surface area contributed by atoms with Gasteiger partial charge in [0, 0.05) is 79.7 Å². The van der Waals surface area contributed by atoms with Crippen molar-refractivity contribution < 1.29 is 78.1 Å². The molecule has 9 N–H and O–H groups in total. The van der Waals surface area contributed by atoms with E-state index in [-0.39, 0.29) is 93.3 Å². The first-order chi connectivity index (χ1) is 36.9. The number of unbranched alkanes of at least 4 members (excludes halogenated alkanes) is 2. The molecule has 4 heterocycles. The van der Waals surface area contributed by atoms with Gasteiger partial charge in [0.05, 0.1) is 47.8 Å². The average molecular weight is 1100 g/mol. The van der Waals surface area contributed by atoms with Crippen LogP contribution in [0, 0.1) is 30.5 Å². The fourth-order valence-electron chi connectivity index (χ4n) is 10.2. The summed E-state index contributed by atoms with van der Waals surface area (Å²) in [7, 11) is 0. The summed E-state index contributed by atoms with van der Waals surface area (Å²) in [5, 5.41) is 68.6. The summed E-state index contributed by atoms with van der Waals surface area (Å²) in [4.78, 5) is 109. The van der Waals surface area contributed by atoms with E-state index in [4.69, 9.17) is 19.6 Å². The van der Waals surface area contributed by atoms with E-state index < -0.39 is 102 Å². The lowest BCUT2D eigenvalue weighted by Crippen LogP contribution is -2.49. The summed E-state index contributed by atoms with van der Waals surface area (Å²) < 4.78 is 28.2. The number of Topliss-reactive ketones (excluding diaryl/α,β-unsaturated/α-hetero) is 3. The molecule has 2 aliphatic rings. The molecule has 0 bridgehead atoms. The second kappa shape index (κ2) is 28.3. The predicted molar refractivity (Wildman–Crippen MR) is 282 cm³/mol. The number of rotatable bonds is 32. The number of nitrogens with one attached hydrogen (secondary N) is 3. The standard InChI is InChI=1S/C56H78FN5O16/c1-8-35-37-25-62-42(22-39-38(54(62)74)27-78-55(75)56(39,76)9-2)49(37)60-41-23-40(57)32(7)36(47(35)41)16-12-13-19-77-28-59-52(72)30(5)20-43(66)48(29(3)4)61-53(73)33(21-34(65)15-11-10-14-31(6)64)17-18-46(69)58-24-44(67)50(70)51(71)45(68)26-63/h22-23,29-30,33,44-45,48,50-51,63,67-68,70-71,76H,8-21,24-28H2,1-7H3,(H,58,69)(H,59,72)(H,61,73)/t30-,33-,44+,45-,48+,50-,51-,56+/m1/s1. The van der Waals surface area contributed by atoms with Gasteiger partial charge >= 0.3 is 5.97 Å². The Hall–Kier alpha value is -5.88. The maximum Gasteiger partial charge on any atom is 0.343 e. The quantitative estimate of drug-likeness (QED) is 0.0192. The van der Waals surface area contributed by atoms with Crippen molar-refractivity contribution in [2.75, 3.05) is 26.5 Å². The number of aromatic nitrogens is 2. The molecule has 22 heteroatoms. The molecule has 0 aliphatic carbocycles. The highest BCUT2D eigenvalue weighted by Gasteiger charge is 2.46. The van der Waals surface area contributed by atoms with Gasteiger partial charge in [-0.3, -0.25) is 28.8 Å². The maximum atomic E-state index is 15.7. The molecule has 0 radical (unpaired) electrons. The summed E-state index contributed by atoms with van der Waals surface area (Å²) in [6.45, 7) is 10.3. The van der Waals surface area contributed by atoms with Crippen molar-refractivity contribution in [3.63, 3.8) is 0 Å². The highest BCUT2D eigenvalue weighted by Crippen LogP contribution is 2.42. The lowest BCUT2D eigenvalue weighted by Gasteiger charge is -2.31. The number of ketones is 3. The van der Waals surface area contributed by atoms with E-state index in [1.165, 1.54) is 13.0 Å². The minimum absolute atomic E-state index is 0.00115. The number of benzene rings is 1. The van der Waals surface area contributed by atoms with Crippen LogP contribution in [0.3, 0.4) is 0 Å². The molecular formula is C56H78FN5O16. The molecule has 21 nitrogen and oxygen atoms in total. The van der Waals surface area contributed by atoms with Gasteiger partial charge in [-0.1, -0.05) is 34.6 Å². The van der Waals surface area contributed by atoms with Gasteiger partial charge in [-0.2, -0.15) is 0 Å². The minimum Gasteiger partial charge on any atom is -0.458 e. The Balaban J connectivity index is 1.14. The van der Waals surface area contributed by atoms with Gasteiger partial charge in [-0.25, -0.2) is 14.2 Å². The fourth-order valence-corrected chi connectivity index (χ4v) is 10.2. The second-order valence-electron chi connectivity index (χ2n) is 21.1. The molecule has 3 aromatic rings. The number of pyridine rings is 2. The molecule has 8 atom stereocenters. The number of carbonyl (C=O) groups excluding carboxylic acids is 7. The summed E-state index contributed by atoms with van der Waals surface area (Å²) in [6, 6.07) is 1.96. The van der Waals surface area contributed by atoms with Crippen LogP contribution in [0.5, 0.6) is 0 Å². The van der Waals surface area contributed by atoms with Crippen LogP contribution >= 0.6 is 0 Å². The number of hydrogen-bond donors (Lipinski definition) is 9. The van der Waals surface area contributed by atoms with Crippen molar-refractivity contribution in [3.05, 3.63) is 61.7 Å². The number of aliphatic hydroxyl groups excluding tert-OH is 5. The third kappa shape index (κ3) is 15.1. The number of ether oxygens (including phenoxy) is 2. The zero-order valence-corrected chi connectivity index (χ0v) is 45.7. The number of halogens is 1. The number of fused-ring (bicyclic) bond motifs is 5. The number of carbonyl (C=O) groups is 7. The summed E-state index contributed by atoms with van der Waals surface area (Å²) in [5.41, 5.74) is 2.34. The number of cyclic esters (lactones) is 1. The SMILES string of the molecule is CCc1c2c(nc3cc(F)c(C)c(CCCCOCNC(=O)[C@H](C)CC(=O)[C@@H](NC(=O)[C@H](CCC(=O)NC[C@H](O)[C@@H](O)[C@H](O)[C@H](O)CO)CC(=O)CCCCC(C)=O)C(C)C)c13)-c1cc3c(c(=O)n1C2)COC(=O)[C@]3(O)CC. The molecule has 0 fully saturated rings. The van der Waals surface area contributed by atoms with Crippen molar-refractivity contribution in [1.29, 1.82) is 0 Å². The van der Waals surface area contributed by atoms with E-state index >= 15 is 4.39 Å². The third-order valence-corrected chi connectivity index (χ3v) is 15.0. The summed E-state index contributed by atoms with van der Waals surface area (Å²) >= 11 is 0. The molecule has 2 aromatic heterocycles. The van der Waals surface area contributed by atoms with Gasteiger partial charge in [0.2, 0.25) is 17.7 Å². The first-order valence-electron chi connectivity index (χ1n) is 27.0. The Morgan fingerprint density at radius 1 is 0.885 bits per heavy atom. The Kier molecular flexibility index (Phi) is 22.9. The Morgan fingerprint density at radius 2 is 1.58 bits per heavy atom. The van der Waals surface area contributed by atoms with Crippen LogP contribution in [0.2, 0.25) is 0 Å². The zero-order chi connectivity index (χ0) is 57.8. The van der Waals surface area contributed by atoms with Crippen LogP contribution in [0.1, 0.15) is 146 Å². The first kappa shape index (κ1) is 63.0.